The van der Waals surface area contributed by atoms with Crippen LogP contribution in [-0.4, -0.2) is 15.1 Å². The van der Waals surface area contributed by atoms with Crippen molar-refractivity contribution in [2.75, 3.05) is 5.32 Å². The van der Waals surface area contributed by atoms with Crippen LogP contribution in [-0.2, 0) is 13.2 Å². The second-order valence-corrected chi connectivity index (χ2v) is 3.82. The highest BCUT2D eigenvalue weighted by atomic mass is 16.3. The zero-order valence-electron chi connectivity index (χ0n) is 9.72. The lowest BCUT2D eigenvalue weighted by atomic mass is 10.1. The van der Waals surface area contributed by atoms with Crippen molar-refractivity contribution in [3.05, 3.63) is 53.5 Å². The molecule has 2 aromatic rings. The molecule has 2 N–H and O–H groups in total. The van der Waals surface area contributed by atoms with E-state index in [1.54, 1.807) is 6.20 Å². The van der Waals surface area contributed by atoms with E-state index in [0.717, 1.165) is 22.8 Å². The molecule has 88 valence electrons. The summed E-state index contributed by atoms with van der Waals surface area (Å²) in [6.45, 7) is 2.61. The van der Waals surface area contributed by atoms with Crippen LogP contribution in [0.25, 0.3) is 0 Å². The summed E-state index contributed by atoms with van der Waals surface area (Å²) in [5, 5.41) is 12.3. The Morgan fingerprint density at radius 1 is 1.24 bits per heavy atom. The Balaban J connectivity index is 2.02. The molecule has 0 fully saturated rings. The van der Waals surface area contributed by atoms with Gasteiger partial charge in [-0.1, -0.05) is 24.3 Å². The second-order valence-electron chi connectivity index (χ2n) is 3.82. The summed E-state index contributed by atoms with van der Waals surface area (Å²) in [4.78, 5) is 8.30. The van der Waals surface area contributed by atoms with E-state index >= 15 is 0 Å². The first kappa shape index (κ1) is 11.5. The average Bonchev–Trinajstić information content (AvgIpc) is 2.37. The Kier molecular flexibility index (Phi) is 3.67. The van der Waals surface area contributed by atoms with Crippen molar-refractivity contribution in [1.82, 2.24) is 9.97 Å². The molecule has 0 saturated heterocycles. The van der Waals surface area contributed by atoms with Crippen LogP contribution in [0.5, 0.6) is 0 Å². The number of hydrogen-bond acceptors (Lipinski definition) is 4. The number of aryl methyl sites for hydroxylation is 1. The van der Waals surface area contributed by atoms with Crippen LogP contribution in [0, 0.1) is 6.92 Å². The van der Waals surface area contributed by atoms with E-state index in [-0.39, 0.29) is 6.61 Å². The van der Waals surface area contributed by atoms with Gasteiger partial charge in [0.05, 0.1) is 6.61 Å². The molecule has 0 saturated carbocycles. The van der Waals surface area contributed by atoms with Crippen molar-refractivity contribution >= 4 is 5.82 Å². The predicted octanol–water partition coefficient (Wildman–Crippen LogP) is 1.89. The molecular formula is C13H15N3O. The average molecular weight is 229 g/mol. The summed E-state index contributed by atoms with van der Waals surface area (Å²) < 4.78 is 0. The smallest absolute Gasteiger partial charge is 0.129 e. The fourth-order valence-electron chi connectivity index (χ4n) is 1.59. The van der Waals surface area contributed by atoms with E-state index < -0.39 is 0 Å². The van der Waals surface area contributed by atoms with Crippen molar-refractivity contribution in [3.63, 3.8) is 0 Å². The third kappa shape index (κ3) is 3.26. The number of nitrogens with zero attached hydrogens (tertiary/aromatic N) is 2. The number of hydrogen-bond donors (Lipinski definition) is 2. The second kappa shape index (κ2) is 5.41. The van der Waals surface area contributed by atoms with Crippen molar-refractivity contribution in [2.24, 2.45) is 0 Å². The predicted molar refractivity (Wildman–Crippen MR) is 66.5 cm³/mol. The Morgan fingerprint density at radius 3 is 2.82 bits per heavy atom. The third-order valence-electron chi connectivity index (χ3n) is 2.42. The first-order valence-corrected chi connectivity index (χ1v) is 5.50. The quantitative estimate of drug-likeness (QED) is 0.840. The number of benzene rings is 1. The van der Waals surface area contributed by atoms with Crippen LogP contribution in [0.1, 0.15) is 17.0 Å². The molecule has 0 spiro atoms. The molecule has 1 aromatic heterocycles. The van der Waals surface area contributed by atoms with Gasteiger partial charge in [-0.05, 0) is 24.1 Å². The van der Waals surface area contributed by atoms with Gasteiger partial charge >= 0.3 is 0 Å². The lowest BCUT2D eigenvalue weighted by Crippen LogP contribution is -2.03. The Hall–Kier alpha value is -1.94. The molecule has 17 heavy (non-hydrogen) atoms. The molecule has 2 rings (SSSR count). The van der Waals surface area contributed by atoms with Gasteiger partial charge in [-0.2, -0.15) is 0 Å². The maximum Gasteiger partial charge on any atom is 0.129 e. The number of aromatic nitrogens is 2. The molecule has 1 heterocycles. The molecular weight excluding hydrogens is 214 g/mol. The van der Waals surface area contributed by atoms with Crippen molar-refractivity contribution in [2.45, 2.75) is 20.1 Å². The number of rotatable bonds is 4. The lowest BCUT2D eigenvalue weighted by Gasteiger charge is -2.07. The maximum absolute atomic E-state index is 9.04. The number of anilines is 1. The molecule has 0 aliphatic carbocycles. The zero-order valence-corrected chi connectivity index (χ0v) is 9.72. The Morgan fingerprint density at radius 2 is 2.06 bits per heavy atom. The van der Waals surface area contributed by atoms with Crippen LogP contribution in [0.2, 0.25) is 0 Å². The van der Waals surface area contributed by atoms with Gasteiger partial charge < -0.3 is 10.4 Å². The molecule has 0 unspecified atom stereocenters. The minimum atomic E-state index is 0.0699. The Labute approximate surface area is 100 Å². The van der Waals surface area contributed by atoms with Crippen LogP contribution < -0.4 is 5.32 Å². The van der Waals surface area contributed by atoms with E-state index in [4.69, 9.17) is 5.11 Å². The molecule has 0 radical (unpaired) electrons. The van der Waals surface area contributed by atoms with Gasteiger partial charge in [0.2, 0.25) is 0 Å². The van der Waals surface area contributed by atoms with E-state index in [9.17, 15) is 0 Å². The normalized spacial score (nSPS) is 10.2. The van der Waals surface area contributed by atoms with Gasteiger partial charge in [0.15, 0.2) is 0 Å². The Bertz CT molecular complexity index is 500. The summed E-state index contributed by atoms with van der Waals surface area (Å²) in [5.74, 6) is 1.56. The first-order chi connectivity index (χ1) is 8.28. The highest BCUT2D eigenvalue weighted by Gasteiger charge is 1.97. The standard InChI is InChI=1S/C13H15N3O/c1-10-14-6-5-13(16-10)15-8-11-3-2-4-12(7-11)9-17/h2-7,17H,8-9H2,1H3,(H,14,15,16). The molecule has 4 heteroatoms. The SMILES string of the molecule is Cc1nccc(NCc2cccc(CO)c2)n1. The van der Waals surface area contributed by atoms with Crippen LogP contribution in [0.4, 0.5) is 5.82 Å². The van der Waals surface area contributed by atoms with Crippen LogP contribution >= 0.6 is 0 Å². The molecule has 0 aliphatic heterocycles. The van der Waals surface area contributed by atoms with Crippen molar-refractivity contribution in [3.8, 4) is 0 Å². The summed E-state index contributed by atoms with van der Waals surface area (Å²) in [5.41, 5.74) is 2.04. The number of aliphatic hydroxyl groups is 1. The van der Waals surface area contributed by atoms with Crippen molar-refractivity contribution in [1.29, 1.82) is 0 Å². The first-order valence-electron chi connectivity index (χ1n) is 5.50. The van der Waals surface area contributed by atoms with Gasteiger partial charge in [-0.15, -0.1) is 0 Å². The van der Waals surface area contributed by atoms with E-state index in [2.05, 4.69) is 15.3 Å². The van der Waals surface area contributed by atoms with Gasteiger partial charge in [0, 0.05) is 12.7 Å². The zero-order chi connectivity index (χ0) is 12.1. The van der Waals surface area contributed by atoms with E-state index in [1.165, 1.54) is 0 Å². The van der Waals surface area contributed by atoms with Gasteiger partial charge in [-0.25, -0.2) is 9.97 Å². The molecule has 0 bridgehead atoms. The molecule has 0 atom stereocenters. The maximum atomic E-state index is 9.04. The molecule has 0 amide bonds. The summed E-state index contributed by atoms with van der Waals surface area (Å²) in [6.07, 6.45) is 1.73. The van der Waals surface area contributed by atoms with Gasteiger partial charge in [0.1, 0.15) is 11.6 Å². The van der Waals surface area contributed by atoms with E-state index in [0.29, 0.717) is 6.54 Å². The highest BCUT2D eigenvalue weighted by Crippen LogP contribution is 2.08. The highest BCUT2D eigenvalue weighted by molar-refractivity contribution is 5.35. The topological polar surface area (TPSA) is 58.0 Å². The minimum Gasteiger partial charge on any atom is -0.392 e. The van der Waals surface area contributed by atoms with E-state index in [1.807, 2.05) is 37.3 Å². The molecule has 1 aromatic carbocycles. The monoisotopic (exact) mass is 229 g/mol. The van der Waals surface area contributed by atoms with Crippen molar-refractivity contribution < 1.29 is 5.11 Å². The van der Waals surface area contributed by atoms with Gasteiger partial charge in [0.25, 0.3) is 0 Å². The molecule has 4 nitrogen and oxygen atoms in total. The fourth-order valence-corrected chi connectivity index (χ4v) is 1.59. The van der Waals surface area contributed by atoms with Gasteiger partial charge in [-0.3, -0.25) is 0 Å². The third-order valence-corrected chi connectivity index (χ3v) is 2.42. The lowest BCUT2D eigenvalue weighted by molar-refractivity contribution is 0.281. The fraction of sp³-hybridized carbons (Fsp3) is 0.231. The number of aliphatic hydroxyl groups excluding tert-OH is 1. The summed E-state index contributed by atoms with van der Waals surface area (Å²) >= 11 is 0. The van der Waals surface area contributed by atoms with Crippen LogP contribution in [0.15, 0.2) is 36.5 Å². The summed E-state index contributed by atoms with van der Waals surface area (Å²) in [7, 11) is 0. The largest absolute Gasteiger partial charge is 0.392 e. The summed E-state index contributed by atoms with van der Waals surface area (Å²) in [6, 6.07) is 9.66. The minimum absolute atomic E-state index is 0.0699. The van der Waals surface area contributed by atoms with Crippen LogP contribution in [0.3, 0.4) is 0 Å². The number of nitrogens with one attached hydrogen (secondary N) is 1. The molecule has 0 aliphatic rings.